The largest absolute Gasteiger partial charge is 0.271 e. The quantitative estimate of drug-likeness (QED) is 0.612. The zero-order chi connectivity index (χ0) is 12.8. The van der Waals surface area contributed by atoms with E-state index in [4.69, 9.17) is 29.0 Å². The Morgan fingerprint density at radius 3 is 2.53 bits per heavy atom. The summed E-state index contributed by atoms with van der Waals surface area (Å²) in [6, 6.07) is 6.01. The third-order valence-electron chi connectivity index (χ3n) is 3.08. The van der Waals surface area contributed by atoms with Gasteiger partial charge in [-0.1, -0.05) is 49.5 Å². The van der Waals surface area contributed by atoms with E-state index in [2.05, 4.69) is 19.3 Å². The topological polar surface area (TPSA) is 38.0 Å². The lowest BCUT2D eigenvalue weighted by Crippen LogP contribution is -2.41. The molecule has 0 spiro atoms. The molecule has 1 aromatic rings. The molecule has 2 nitrogen and oxygen atoms in total. The van der Waals surface area contributed by atoms with E-state index >= 15 is 0 Å². The summed E-state index contributed by atoms with van der Waals surface area (Å²) >= 11 is 11.9. The van der Waals surface area contributed by atoms with Gasteiger partial charge in [-0.15, -0.1) is 0 Å². The Morgan fingerprint density at radius 2 is 2.00 bits per heavy atom. The van der Waals surface area contributed by atoms with Crippen LogP contribution in [-0.2, 0) is 6.42 Å². The fourth-order valence-electron chi connectivity index (χ4n) is 2.00. The van der Waals surface area contributed by atoms with Crippen molar-refractivity contribution >= 4 is 23.2 Å². The molecule has 2 unspecified atom stereocenters. The third kappa shape index (κ3) is 4.47. The van der Waals surface area contributed by atoms with E-state index in [9.17, 15) is 0 Å². The number of hydrogen-bond donors (Lipinski definition) is 2. The van der Waals surface area contributed by atoms with Crippen LogP contribution in [0, 0.1) is 5.92 Å². The maximum Gasteiger partial charge on any atom is 0.0595 e. The molecule has 96 valence electrons. The molecule has 0 radical (unpaired) electrons. The molecule has 0 heterocycles. The van der Waals surface area contributed by atoms with Crippen molar-refractivity contribution in [3.63, 3.8) is 0 Å². The molecule has 0 aliphatic rings. The van der Waals surface area contributed by atoms with Gasteiger partial charge in [-0.3, -0.25) is 11.3 Å². The minimum absolute atomic E-state index is 0.271. The number of rotatable bonds is 6. The van der Waals surface area contributed by atoms with Crippen LogP contribution < -0.4 is 11.3 Å². The predicted molar refractivity (Wildman–Crippen MR) is 75.3 cm³/mol. The van der Waals surface area contributed by atoms with Gasteiger partial charge in [-0.25, -0.2) is 0 Å². The summed E-state index contributed by atoms with van der Waals surface area (Å²) in [5.41, 5.74) is 4.05. The molecule has 0 amide bonds. The molecular formula is C13H20Cl2N2. The highest BCUT2D eigenvalue weighted by Gasteiger charge is 2.15. The van der Waals surface area contributed by atoms with Gasteiger partial charge >= 0.3 is 0 Å². The molecule has 0 saturated heterocycles. The first-order valence-electron chi connectivity index (χ1n) is 5.98. The van der Waals surface area contributed by atoms with Crippen molar-refractivity contribution in [3.05, 3.63) is 33.8 Å². The average Bonchev–Trinajstić information content (AvgIpc) is 2.30. The van der Waals surface area contributed by atoms with Crippen molar-refractivity contribution in [3.8, 4) is 0 Å². The highest BCUT2D eigenvalue weighted by molar-refractivity contribution is 6.42. The van der Waals surface area contributed by atoms with E-state index in [1.165, 1.54) is 6.42 Å². The van der Waals surface area contributed by atoms with Gasteiger partial charge in [0, 0.05) is 6.04 Å². The van der Waals surface area contributed by atoms with Crippen molar-refractivity contribution in [1.29, 1.82) is 0 Å². The summed E-state index contributed by atoms with van der Waals surface area (Å²) in [5.74, 6) is 6.15. The predicted octanol–water partition coefficient (Wildman–Crippen LogP) is 3.80. The summed E-state index contributed by atoms with van der Waals surface area (Å²) in [7, 11) is 0. The van der Waals surface area contributed by atoms with Crippen molar-refractivity contribution in [2.24, 2.45) is 11.8 Å². The minimum Gasteiger partial charge on any atom is -0.271 e. The number of halogens is 2. The zero-order valence-corrected chi connectivity index (χ0v) is 11.9. The summed E-state index contributed by atoms with van der Waals surface area (Å²) in [6.07, 6.45) is 3.20. The van der Waals surface area contributed by atoms with Crippen LogP contribution in [0.1, 0.15) is 32.3 Å². The highest BCUT2D eigenvalue weighted by atomic mass is 35.5. The van der Waals surface area contributed by atoms with Crippen LogP contribution in [0.2, 0.25) is 10.0 Å². The van der Waals surface area contributed by atoms with E-state index in [-0.39, 0.29) is 6.04 Å². The summed E-state index contributed by atoms with van der Waals surface area (Å²) in [5, 5.41) is 1.19. The Bertz CT molecular complexity index is 355. The Hall–Kier alpha value is -0.280. The van der Waals surface area contributed by atoms with Crippen molar-refractivity contribution in [2.75, 3.05) is 0 Å². The van der Waals surface area contributed by atoms with Crippen LogP contribution in [0.25, 0.3) is 0 Å². The number of nitrogens with two attached hydrogens (primary N) is 1. The average molecular weight is 275 g/mol. The van der Waals surface area contributed by atoms with E-state index < -0.39 is 0 Å². The zero-order valence-electron chi connectivity index (χ0n) is 10.3. The van der Waals surface area contributed by atoms with Crippen molar-refractivity contribution < 1.29 is 0 Å². The lowest BCUT2D eigenvalue weighted by Gasteiger charge is -2.23. The second-order valence-electron chi connectivity index (χ2n) is 4.49. The Labute approximate surface area is 113 Å². The van der Waals surface area contributed by atoms with Crippen LogP contribution in [-0.4, -0.2) is 6.04 Å². The normalized spacial score (nSPS) is 14.6. The smallest absolute Gasteiger partial charge is 0.0595 e. The molecule has 1 rings (SSSR count). The van der Waals surface area contributed by atoms with Crippen LogP contribution in [0.5, 0.6) is 0 Å². The first-order valence-corrected chi connectivity index (χ1v) is 6.74. The summed E-state index contributed by atoms with van der Waals surface area (Å²) in [6.45, 7) is 4.40. The van der Waals surface area contributed by atoms with E-state index in [0.717, 1.165) is 18.4 Å². The molecule has 4 heteroatoms. The molecule has 0 bridgehead atoms. The molecule has 0 aliphatic carbocycles. The second-order valence-corrected chi connectivity index (χ2v) is 5.31. The van der Waals surface area contributed by atoms with Gasteiger partial charge in [-0.05, 0) is 36.5 Å². The van der Waals surface area contributed by atoms with E-state index in [1.54, 1.807) is 0 Å². The molecule has 0 fully saturated rings. The number of hydrogen-bond acceptors (Lipinski definition) is 2. The highest BCUT2D eigenvalue weighted by Crippen LogP contribution is 2.24. The van der Waals surface area contributed by atoms with Gasteiger partial charge in [0.2, 0.25) is 0 Å². The first kappa shape index (κ1) is 14.8. The van der Waals surface area contributed by atoms with Crippen LogP contribution in [0.4, 0.5) is 0 Å². The molecule has 0 aliphatic heterocycles. The van der Waals surface area contributed by atoms with Crippen molar-refractivity contribution in [1.82, 2.24) is 5.43 Å². The first-order chi connectivity index (χ1) is 8.08. The lowest BCUT2D eigenvalue weighted by atomic mass is 9.92. The monoisotopic (exact) mass is 274 g/mol. The molecule has 17 heavy (non-hydrogen) atoms. The molecule has 0 aromatic heterocycles. The van der Waals surface area contributed by atoms with Gasteiger partial charge in [0.15, 0.2) is 0 Å². The third-order valence-corrected chi connectivity index (χ3v) is 3.82. The fourth-order valence-corrected chi connectivity index (χ4v) is 2.32. The van der Waals surface area contributed by atoms with Crippen LogP contribution in [0.15, 0.2) is 18.2 Å². The lowest BCUT2D eigenvalue weighted by molar-refractivity contribution is 0.357. The number of benzene rings is 1. The molecule has 0 saturated carbocycles. The second kappa shape index (κ2) is 7.22. The SMILES string of the molecule is CCCC(C)C(Cc1ccc(Cl)c(Cl)c1)NN. The Morgan fingerprint density at radius 1 is 1.29 bits per heavy atom. The molecular weight excluding hydrogens is 255 g/mol. The minimum atomic E-state index is 0.271. The van der Waals surface area contributed by atoms with Crippen LogP contribution in [0.3, 0.4) is 0 Å². The number of nitrogens with one attached hydrogen (secondary N) is 1. The summed E-state index contributed by atoms with van der Waals surface area (Å²) < 4.78 is 0. The standard InChI is InChI=1S/C13H20Cl2N2/c1-3-4-9(2)13(17-16)8-10-5-6-11(14)12(15)7-10/h5-7,9,13,17H,3-4,8,16H2,1-2H3. The van der Waals surface area contributed by atoms with E-state index in [0.29, 0.717) is 16.0 Å². The van der Waals surface area contributed by atoms with Crippen LogP contribution >= 0.6 is 23.2 Å². The van der Waals surface area contributed by atoms with Crippen molar-refractivity contribution in [2.45, 2.75) is 39.2 Å². The number of hydrazine groups is 1. The van der Waals surface area contributed by atoms with Gasteiger partial charge in [-0.2, -0.15) is 0 Å². The van der Waals surface area contributed by atoms with Gasteiger partial charge in [0.1, 0.15) is 0 Å². The van der Waals surface area contributed by atoms with E-state index in [1.807, 2.05) is 18.2 Å². The maximum atomic E-state index is 6.00. The Kier molecular flexibility index (Phi) is 6.28. The molecule has 1 aromatic carbocycles. The van der Waals surface area contributed by atoms with Gasteiger partial charge in [0.25, 0.3) is 0 Å². The summed E-state index contributed by atoms with van der Waals surface area (Å²) in [4.78, 5) is 0. The maximum absolute atomic E-state index is 6.00. The molecule has 2 atom stereocenters. The molecule has 3 N–H and O–H groups in total. The Balaban J connectivity index is 2.70. The van der Waals surface area contributed by atoms with Gasteiger partial charge < -0.3 is 0 Å². The van der Waals surface area contributed by atoms with Gasteiger partial charge in [0.05, 0.1) is 10.0 Å². The fraction of sp³-hybridized carbons (Fsp3) is 0.538.